The van der Waals surface area contributed by atoms with Crippen LogP contribution in [0.15, 0.2) is 11.6 Å². The molecule has 0 bridgehead atoms. The predicted octanol–water partition coefficient (Wildman–Crippen LogP) is 2.30. The minimum atomic E-state index is -4.00. The molecule has 0 unspecified atom stereocenters. The molecule has 0 radical (unpaired) electrons. The molecule has 1 amide bonds. The van der Waals surface area contributed by atoms with Gasteiger partial charge in [0.1, 0.15) is 0 Å². The molecule has 112 valence electrons. The highest BCUT2D eigenvalue weighted by atomic mass is 32.2. The maximum Gasteiger partial charge on any atom is 0.266 e. The normalized spacial score (nSPS) is 12.5. The Hall–Kier alpha value is -0.880. The Bertz CT molecular complexity index is 387. The number of amides is 1. The molecule has 0 fully saturated rings. The molecule has 0 aromatic heterocycles. The lowest BCUT2D eigenvalue weighted by Crippen LogP contribution is -2.28. The van der Waals surface area contributed by atoms with Crippen LogP contribution in [0.25, 0.3) is 0 Å². The summed E-state index contributed by atoms with van der Waals surface area (Å²) in [4.78, 5) is 11.4. The van der Waals surface area contributed by atoms with Crippen LogP contribution in [0.5, 0.6) is 0 Å². The van der Waals surface area contributed by atoms with Gasteiger partial charge in [0.25, 0.3) is 10.1 Å². The van der Waals surface area contributed by atoms with E-state index in [2.05, 4.69) is 18.3 Å². The number of allylic oxidation sites excluding steroid dienone is 1. The maximum atomic E-state index is 11.4. The van der Waals surface area contributed by atoms with Crippen LogP contribution in [0.1, 0.15) is 52.4 Å². The minimum absolute atomic E-state index is 0.0541. The number of hydrogen-bond acceptors (Lipinski definition) is 3. The van der Waals surface area contributed by atoms with E-state index in [1.807, 2.05) is 6.92 Å². The second-order valence-electron chi connectivity index (χ2n) is 4.71. The molecule has 0 saturated carbocycles. The zero-order valence-corrected chi connectivity index (χ0v) is 12.6. The van der Waals surface area contributed by atoms with Gasteiger partial charge in [-0.25, -0.2) is 0 Å². The molecule has 2 N–H and O–H groups in total. The molecule has 0 aromatic rings. The lowest BCUT2D eigenvalue weighted by atomic mass is 10.1. The van der Waals surface area contributed by atoms with Crippen LogP contribution < -0.4 is 5.32 Å². The molecule has 19 heavy (non-hydrogen) atoms. The number of hydrogen-bond donors (Lipinski definition) is 2. The average Bonchev–Trinajstić information content (AvgIpc) is 2.26. The summed E-state index contributed by atoms with van der Waals surface area (Å²) >= 11 is 0. The highest BCUT2D eigenvalue weighted by molar-refractivity contribution is 7.85. The number of rotatable bonds is 10. The summed E-state index contributed by atoms with van der Waals surface area (Å²) in [6.45, 7) is 4.00. The van der Waals surface area contributed by atoms with Crippen molar-refractivity contribution in [3.8, 4) is 0 Å². The van der Waals surface area contributed by atoms with Gasteiger partial charge in [-0.3, -0.25) is 9.35 Å². The van der Waals surface area contributed by atoms with Crippen LogP contribution in [0, 0.1) is 0 Å². The van der Waals surface area contributed by atoms with Gasteiger partial charge in [0, 0.05) is 13.0 Å². The summed E-state index contributed by atoms with van der Waals surface area (Å²) in [5.74, 6) is -0.663. The molecule has 0 saturated heterocycles. The van der Waals surface area contributed by atoms with Crippen LogP contribution in [-0.2, 0) is 14.9 Å². The third-order valence-corrected chi connectivity index (χ3v) is 3.39. The molecule has 0 atom stereocenters. The van der Waals surface area contributed by atoms with E-state index in [9.17, 15) is 13.2 Å². The first-order valence-corrected chi connectivity index (χ1v) is 8.33. The SMILES string of the molecule is CCCCCCC=C(C)CC(=O)NCCS(=O)(=O)O. The Morgan fingerprint density at radius 2 is 1.95 bits per heavy atom. The molecule has 6 heteroatoms. The molecule has 0 aromatic carbocycles. The standard InChI is InChI=1S/C13H25NO4S/c1-3-4-5-6-7-8-12(2)11-13(15)14-9-10-19(16,17)18/h8H,3-7,9-11H2,1-2H3,(H,14,15)(H,16,17,18). The lowest BCUT2D eigenvalue weighted by molar-refractivity contribution is -0.120. The topological polar surface area (TPSA) is 83.5 Å². The fourth-order valence-electron chi connectivity index (χ4n) is 1.63. The van der Waals surface area contributed by atoms with E-state index >= 15 is 0 Å². The Labute approximate surface area is 116 Å². The van der Waals surface area contributed by atoms with Crippen LogP contribution in [0.2, 0.25) is 0 Å². The van der Waals surface area contributed by atoms with Crippen molar-refractivity contribution in [2.75, 3.05) is 12.3 Å². The minimum Gasteiger partial charge on any atom is -0.355 e. The zero-order valence-electron chi connectivity index (χ0n) is 11.8. The molecular formula is C13H25NO4S. The second-order valence-corrected chi connectivity index (χ2v) is 6.28. The van der Waals surface area contributed by atoms with Gasteiger partial charge < -0.3 is 5.32 Å². The summed E-state index contributed by atoms with van der Waals surface area (Å²) in [6.07, 6.45) is 8.10. The third kappa shape index (κ3) is 13.4. The summed E-state index contributed by atoms with van der Waals surface area (Å²) in [5, 5.41) is 2.46. The van der Waals surface area contributed by atoms with Gasteiger partial charge in [0.05, 0.1) is 5.75 Å². The third-order valence-electron chi connectivity index (χ3n) is 2.67. The van der Waals surface area contributed by atoms with Crippen molar-refractivity contribution in [1.29, 1.82) is 0 Å². The molecule has 0 aliphatic heterocycles. The van der Waals surface area contributed by atoms with Crippen molar-refractivity contribution >= 4 is 16.0 Å². The first-order valence-electron chi connectivity index (χ1n) is 6.72. The Morgan fingerprint density at radius 3 is 2.53 bits per heavy atom. The average molecular weight is 291 g/mol. The smallest absolute Gasteiger partial charge is 0.266 e. The van der Waals surface area contributed by atoms with Gasteiger partial charge in [0.2, 0.25) is 5.91 Å². The molecular weight excluding hydrogens is 266 g/mol. The molecule has 0 heterocycles. The van der Waals surface area contributed by atoms with Crippen LogP contribution in [0.4, 0.5) is 0 Å². The molecule has 0 aliphatic rings. The Balaban J connectivity index is 3.76. The summed E-state index contributed by atoms with van der Waals surface area (Å²) in [5.41, 5.74) is 0.987. The predicted molar refractivity (Wildman–Crippen MR) is 76.6 cm³/mol. The molecule has 0 aliphatic carbocycles. The van der Waals surface area contributed by atoms with Gasteiger partial charge in [-0.15, -0.1) is 0 Å². The van der Waals surface area contributed by atoms with E-state index in [4.69, 9.17) is 4.55 Å². The van der Waals surface area contributed by atoms with Crippen LogP contribution >= 0.6 is 0 Å². The Kier molecular flexibility index (Phi) is 9.51. The van der Waals surface area contributed by atoms with Crippen molar-refractivity contribution < 1.29 is 17.8 Å². The van der Waals surface area contributed by atoms with Crippen molar-refractivity contribution in [1.82, 2.24) is 5.32 Å². The Morgan fingerprint density at radius 1 is 1.26 bits per heavy atom. The van der Waals surface area contributed by atoms with Gasteiger partial charge in [-0.05, 0) is 19.8 Å². The van der Waals surface area contributed by atoms with Gasteiger partial charge >= 0.3 is 0 Å². The highest BCUT2D eigenvalue weighted by Crippen LogP contribution is 2.07. The monoisotopic (exact) mass is 291 g/mol. The van der Waals surface area contributed by atoms with Crippen LogP contribution in [-0.4, -0.2) is 31.2 Å². The van der Waals surface area contributed by atoms with Crippen molar-refractivity contribution in [3.05, 3.63) is 11.6 Å². The van der Waals surface area contributed by atoms with Gasteiger partial charge in [-0.1, -0.05) is 37.8 Å². The van der Waals surface area contributed by atoms with E-state index in [1.54, 1.807) is 0 Å². The van der Waals surface area contributed by atoms with Crippen LogP contribution in [0.3, 0.4) is 0 Å². The lowest BCUT2D eigenvalue weighted by Gasteiger charge is -2.04. The van der Waals surface area contributed by atoms with Gasteiger partial charge in [-0.2, -0.15) is 8.42 Å². The highest BCUT2D eigenvalue weighted by Gasteiger charge is 2.06. The second kappa shape index (κ2) is 9.97. The summed E-state index contributed by atoms with van der Waals surface area (Å²) in [6, 6.07) is 0. The molecule has 0 spiro atoms. The summed E-state index contributed by atoms with van der Waals surface area (Å²) < 4.78 is 29.4. The van der Waals surface area contributed by atoms with E-state index in [0.29, 0.717) is 0 Å². The number of carbonyl (C=O) groups is 1. The molecule has 0 rings (SSSR count). The maximum absolute atomic E-state index is 11.4. The summed E-state index contributed by atoms with van der Waals surface area (Å²) in [7, 11) is -4.00. The number of nitrogens with one attached hydrogen (secondary N) is 1. The first-order chi connectivity index (χ1) is 8.85. The van der Waals surface area contributed by atoms with E-state index in [1.165, 1.54) is 19.3 Å². The zero-order chi connectivity index (χ0) is 14.7. The van der Waals surface area contributed by atoms with E-state index < -0.39 is 15.9 Å². The fraction of sp³-hybridized carbons (Fsp3) is 0.769. The van der Waals surface area contributed by atoms with E-state index in [-0.39, 0.29) is 18.9 Å². The first kappa shape index (κ1) is 18.1. The van der Waals surface area contributed by atoms with Crippen molar-refractivity contribution in [3.63, 3.8) is 0 Å². The molecule has 5 nitrogen and oxygen atoms in total. The van der Waals surface area contributed by atoms with Crippen molar-refractivity contribution in [2.24, 2.45) is 0 Å². The quantitative estimate of drug-likeness (QED) is 0.367. The van der Waals surface area contributed by atoms with Gasteiger partial charge in [0.15, 0.2) is 0 Å². The van der Waals surface area contributed by atoms with E-state index in [0.717, 1.165) is 18.4 Å². The number of unbranched alkanes of at least 4 members (excludes halogenated alkanes) is 4. The fourth-order valence-corrected chi connectivity index (χ4v) is 1.99. The largest absolute Gasteiger partial charge is 0.355 e. The number of carbonyl (C=O) groups excluding carboxylic acids is 1. The van der Waals surface area contributed by atoms with Crippen molar-refractivity contribution in [2.45, 2.75) is 52.4 Å².